The van der Waals surface area contributed by atoms with Crippen LogP contribution in [0.25, 0.3) is 11.0 Å². The van der Waals surface area contributed by atoms with Crippen LogP contribution in [0.3, 0.4) is 0 Å². The van der Waals surface area contributed by atoms with Gasteiger partial charge in [0.25, 0.3) is 0 Å². The average Bonchev–Trinajstić information content (AvgIpc) is 2.18. The summed E-state index contributed by atoms with van der Waals surface area (Å²) in [4.78, 5) is 12.7. The lowest BCUT2D eigenvalue weighted by molar-refractivity contribution is 0.821. The molecule has 0 saturated carbocycles. The standard InChI is InChI=1S/C10H12N4/c1-6(2)8-5-13-7-3-4-12-10(11)9(7)14-8/h3-6H,1-2H3,(H2,11,12). The molecule has 2 aromatic rings. The van der Waals surface area contributed by atoms with Crippen molar-refractivity contribution in [2.75, 3.05) is 5.73 Å². The minimum atomic E-state index is 0.353. The molecule has 0 aliphatic carbocycles. The Morgan fingerprint density at radius 1 is 1.29 bits per heavy atom. The number of hydrogen-bond acceptors (Lipinski definition) is 4. The molecule has 4 heteroatoms. The number of anilines is 1. The van der Waals surface area contributed by atoms with Gasteiger partial charge < -0.3 is 5.73 Å². The van der Waals surface area contributed by atoms with Gasteiger partial charge >= 0.3 is 0 Å². The van der Waals surface area contributed by atoms with Gasteiger partial charge in [-0.2, -0.15) is 0 Å². The zero-order chi connectivity index (χ0) is 10.1. The van der Waals surface area contributed by atoms with Crippen molar-refractivity contribution in [3.8, 4) is 0 Å². The molecule has 2 N–H and O–H groups in total. The monoisotopic (exact) mass is 188 g/mol. The van der Waals surface area contributed by atoms with E-state index in [0.29, 0.717) is 17.3 Å². The normalized spacial score (nSPS) is 11.1. The molecule has 0 amide bonds. The second-order valence-electron chi connectivity index (χ2n) is 3.51. The molecular weight excluding hydrogens is 176 g/mol. The van der Waals surface area contributed by atoms with Crippen LogP contribution < -0.4 is 5.73 Å². The summed E-state index contributed by atoms with van der Waals surface area (Å²) in [5.74, 6) is 0.795. The van der Waals surface area contributed by atoms with E-state index in [4.69, 9.17) is 5.73 Å². The van der Waals surface area contributed by atoms with E-state index < -0.39 is 0 Å². The van der Waals surface area contributed by atoms with E-state index in [-0.39, 0.29) is 0 Å². The van der Waals surface area contributed by atoms with Crippen LogP contribution in [-0.4, -0.2) is 15.0 Å². The Morgan fingerprint density at radius 3 is 2.79 bits per heavy atom. The number of rotatable bonds is 1. The predicted octanol–water partition coefficient (Wildman–Crippen LogP) is 1.73. The molecule has 0 radical (unpaired) electrons. The first-order valence-corrected chi connectivity index (χ1v) is 4.55. The fourth-order valence-electron chi connectivity index (χ4n) is 1.25. The third-order valence-electron chi connectivity index (χ3n) is 2.10. The summed E-state index contributed by atoms with van der Waals surface area (Å²) in [6.45, 7) is 4.14. The van der Waals surface area contributed by atoms with Crippen LogP contribution in [0.2, 0.25) is 0 Å². The second kappa shape index (κ2) is 3.21. The van der Waals surface area contributed by atoms with Crippen molar-refractivity contribution < 1.29 is 0 Å². The maximum Gasteiger partial charge on any atom is 0.151 e. The van der Waals surface area contributed by atoms with Crippen LogP contribution in [0.5, 0.6) is 0 Å². The van der Waals surface area contributed by atoms with Gasteiger partial charge in [-0.3, -0.25) is 4.98 Å². The van der Waals surface area contributed by atoms with E-state index in [0.717, 1.165) is 11.2 Å². The molecule has 0 aliphatic heterocycles. The van der Waals surface area contributed by atoms with Crippen molar-refractivity contribution >= 4 is 16.9 Å². The largest absolute Gasteiger partial charge is 0.382 e. The summed E-state index contributed by atoms with van der Waals surface area (Å²) in [7, 11) is 0. The van der Waals surface area contributed by atoms with Crippen molar-refractivity contribution in [3.05, 3.63) is 24.2 Å². The van der Waals surface area contributed by atoms with Crippen molar-refractivity contribution in [3.63, 3.8) is 0 Å². The van der Waals surface area contributed by atoms with E-state index >= 15 is 0 Å². The molecule has 0 fully saturated rings. The lowest BCUT2D eigenvalue weighted by Crippen LogP contribution is -1.99. The van der Waals surface area contributed by atoms with Gasteiger partial charge in [-0.25, -0.2) is 9.97 Å². The van der Waals surface area contributed by atoms with Crippen molar-refractivity contribution in [2.45, 2.75) is 19.8 Å². The third kappa shape index (κ3) is 1.39. The minimum absolute atomic E-state index is 0.353. The number of nitrogen functional groups attached to an aromatic ring is 1. The Bertz CT molecular complexity index is 465. The van der Waals surface area contributed by atoms with Gasteiger partial charge in [0.15, 0.2) is 5.82 Å². The van der Waals surface area contributed by atoms with E-state index in [1.165, 1.54) is 0 Å². The maximum atomic E-state index is 5.71. The van der Waals surface area contributed by atoms with E-state index in [1.54, 1.807) is 12.4 Å². The fourth-order valence-corrected chi connectivity index (χ4v) is 1.25. The maximum absolute atomic E-state index is 5.71. The molecule has 0 spiro atoms. The second-order valence-corrected chi connectivity index (χ2v) is 3.51. The Labute approximate surface area is 82.2 Å². The number of fused-ring (bicyclic) bond motifs is 1. The first kappa shape index (κ1) is 8.87. The van der Waals surface area contributed by atoms with E-state index in [2.05, 4.69) is 28.8 Å². The number of aromatic nitrogens is 3. The Morgan fingerprint density at radius 2 is 2.07 bits per heavy atom. The molecule has 14 heavy (non-hydrogen) atoms. The Balaban J connectivity index is 2.70. The zero-order valence-corrected chi connectivity index (χ0v) is 8.23. The quantitative estimate of drug-likeness (QED) is 0.740. The van der Waals surface area contributed by atoms with Gasteiger partial charge in [-0.15, -0.1) is 0 Å². The first-order chi connectivity index (χ1) is 6.68. The molecule has 0 saturated heterocycles. The van der Waals surface area contributed by atoms with Crippen LogP contribution in [0.1, 0.15) is 25.5 Å². The van der Waals surface area contributed by atoms with Crippen LogP contribution in [0, 0.1) is 0 Å². The lowest BCUT2D eigenvalue weighted by Gasteiger charge is -2.05. The first-order valence-electron chi connectivity index (χ1n) is 4.55. The molecule has 4 nitrogen and oxygen atoms in total. The van der Waals surface area contributed by atoms with Crippen molar-refractivity contribution in [2.24, 2.45) is 0 Å². The summed E-state index contributed by atoms with van der Waals surface area (Å²) in [6.07, 6.45) is 3.42. The highest BCUT2D eigenvalue weighted by Gasteiger charge is 2.05. The predicted molar refractivity (Wildman–Crippen MR) is 55.8 cm³/mol. The van der Waals surface area contributed by atoms with Gasteiger partial charge in [-0.05, 0) is 12.0 Å². The zero-order valence-electron chi connectivity index (χ0n) is 8.23. The third-order valence-corrected chi connectivity index (χ3v) is 2.10. The smallest absolute Gasteiger partial charge is 0.151 e. The topological polar surface area (TPSA) is 64.7 Å². The van der Waals surface area contributed by atoms with Gasteiger partial charge in [0.05, 0.1) is 11.2 Å². The molecule has 2 aromatic heterocycles. The van der Waals surface area contributed by atoms with Gasteiger partial charge in [0.1, 0.15) is 5.52 Å². The van der Waals surface area contributed by atoms with E-state index in [9.17, 15) is 0 Å². The highest BCUT2D eigenvalue weighted by Crippen LogP contribution is 2.17. The molecule has 0 bridgehead atoms. The highest BCUT2D eigenvalue weighted by molar-refractivity contribution is 5.83. The van der Waals surface area contributed by atoms with E-state index in [1.807, 2.05) is 6.07 Å². The molecule has 0 unspecified atom stereocenters. The van der Waals surface area contributed by atoms with Gasteiger partial charge in [-0.1, -0.05) is 13.8 Å². The fraction of sp³-hybridized carbons (Fsp3) is 0.300. The number of hydrogen-bond donors (Lipinski definition) is 1. The van der Waals surface area contributed by atoms with Crippen LogP contribution in [-0.2, 0) is 0 Å². The molecule has 0 atom stereocenters. The Kier molecular flexibility index (Phi) is 2.04. The lowest BCUT2D eigenvalue weighted by atomic mass is 10.1. The summed E-state index contributed by atoms with van der Waals surface area (Å²) >= 11 is 0. The molecule has 0 aliphatic rings. The molecule has 2 heterocycles. The van der Waals surface area contributed by atoms with Crippen LogP contribution in [0.15, 0.2) is 18.5 Å². The number of pyridine rings is 1. The van der Waals surface area contributed by atoms with Crippen molar-refractivity contribution in [1.29, 1.82) is 0 Å². The highest BCUT2D eigenvalue weighted by atomic mass is 14.9. The summed E-state index contributed by atoms with van der Waals surface area (Å²) < 4.78 is 0. The number of nitrogens with two attached hydrogens (primary N) is 1. The van der Waals surface area contributed by atoms with Crippen molar-refractivity contribution in [1.82, 2.24) is 15.0 Å². The minimum Gasteiger partial charge on any atom is -0.382 e. The summed E-state index contributed by atoms with van der Waals surface area (Å²) in [5, 5.41) is 0. The Hall–Kier alpha value is -1.71. The van der Waals surface area contributed by atoms with Gasteiger partial charge in [0, 0.05) is 12.4 Å². The average molecular weight is 188 g/mol. The molecule has 0 aromatic carbocycles. The SMILES string of the molecule is CC(C)c1cnc2ccnc(N)c2n1. The van der Waals surface area contributed by atoms with Crippen LogP contribution >= 0.6 is 0 Å². The molecule has 72 valence electrons. The summed E-state index contributed by atoms with van der Waals surface area (Å²) in [6, 6.07) is 1.81. The van der Waals surface area contributed by atoms with Gasteiger partial charge in [0.2, 0.25) is 0 Å². The molecule has 2 rings (SSSR count). The number of nitrogens with zero attached hydrogens (tertiary/aromatic N) is 3. The molecular formula is C10H12N4. The summed E-state index contributed by atoms with van der Waals surface area (Å²) in [5.41, 5.74) is 8.14. The van der Waals surface area contributed by atoms with Crippen LogP contribution in [0.4, 0.5) is 5.82 Å².